The van der Waals surface area contributed by atoms with Crippen LogP contribution in [0.3, 0.4) is 0 Å². The van der Waals surface area contributed by atoms with Crippen LogP contribution in [0.5, 0.6) is 0 Å². The van der Waals surface area contributed by atoms with Gasteiger partial charge in [-0.3, -0.25) is 4.98 Å². The van der Waals surface area contributed by atoms with Crippen LogP contribution in [0.4, 0.5) is 30.6 Å². The van der Waals surface area contributed by atoms with Crippen LogP contribution in [0.25, 0.3) is 11.3 Å². The van der Waals surface area contributed by atoms with Crippen molar-refractivity contribution in [3.8, 4) is 11.3 Å². The van der Waals surface area contributed by atoms with Gasteiger partial charge >= 0.3 is 6.18 Å². The normalized spacial score (nSPS) is 14.7. The fraction of sp³-hybridized carbons (Fsp3) is 0.318. The zero-order valence-corrected chi connectivity index (χ0v) is 16.5. The number of hydrogen-bond acceptors (Lipinski definition) is 5. The van der Waals surface area contributed by atoms with Gasteiger partial charge in [0.2, 0.25) is 5.95 Å². The molecule has 1 aliphatic rings. The zero-order valence-electron chi connectivity index (χ0n) is 16.5. The standard InChI is InChI=1S/C22H22F3N5/c1-14-17(22(23,24)25)9-4-10-18(14)28-20-12-19(15-6-5-11-26-13-15)29-21(30-20)27-16-7-2-3-8-16/h4-6,9-13,16H,2-3,7-8H2,1H3,(H2,27,28,29,30). The molecule has 0 spiro atoms. The summed E-state index contributed by atoms with van der Waals surface area (Å²) >= 11 is 0. The molecule has 30 heavy (non-hydrogen) atoms. The zero-order chi connectivity index (χ0) is 21.1. The lowest BCUT2D eigenvalue weighted by atomic mass is 10.1. The van der Waals surface area contributed by atoms with Gasteiger partial charge in [0, 0.05) is 35.8 Å². The third-order valence-electron chi connectivity index (χ3n) is 5.27. The van der Waals surface area contributed by atoms with Crippen molar-refractivity contribution >= 4 is 17.5 Å². The van der Waals surface area contributed by atoms with Crippen LogP contribution >= 0.6 is 0 Å². The van der Waals surface area contributed by atoms with Gasteiger partial charge in [0.1, 0.15) is 5.82 Å². The molecule has 0 unspecified atom stereocenters. The van der Waals surface area contributed by atoms with E-state index in [1.807, 2.05) is 12.1 Å². The second-order valence-electron chi connectivity index (χ2n) is 7.43. The predicted octanol–water partition coefficient (Wildman–Crippen LogP) is 5.96. The summed E-state index contributed by atoms with van der Waals surface area (Å²) in [5.41, 5.74) is 1.26. The molecule has 2 heterocycles. The molecule has 0 bridgehead atoms. The first kappa shape index (κ1) is 20.1. The molecule has 8 heteroatoms. The molecule has 2 N–H and O–H groups in total. The molecule has 0 atom stereocenters. The molecular formula is C22H22F3N5. The molecule has 1 aromatic carbocycles. The van der Waals surface area contributed by atoms with Gasteiger partial charge in [-0.15, -0.1) is 0 Å². The lowest BCUT2D eigenvalue weighted by Crippen LogP contribution is -2.17. The Morgan fingerprint density at radius 1 is 1.03 bits per heavy atom. The summed E-state index contributed by atoms with van der Waals surface area (Å²) in [6, 6.07) is 9.79. The summed E-state index contributed by atoms with van der Waals surface area (Å²) in [6.07, 6.45) is 3.38. The van der Waals surface area contributed by atoms with Gasteiger partial charge < -0.3 is 10.6 Å². The first-order chi connectivity index (χ1) is 14.4. The molecule has 4 rings (SSSR count). The third kappa shape index (κ3) is 4.53. The number of benzene rings is 1. The van der Waals surface area contributed by atoms with Crippen molar-refractivity contribution in [1.29, 1.82) is 0 Å². The molecular weight excluding hydrogens is 391 g/mol. The first-order valence-corrected chi connectivity index (χ1v) is 9.90. The second kappa shape index (κ2) is 8.30. The summed E-state index contributed by atoms with van der Waals surface area (Å²) in [5.74, 6) is 0.877. The Balaban J connectivity index is 1.70. The number of alkyl halides is 3. The van der Waals surface area contributed by atoms with E-state index >= 15 is 0 Å². The summed E-state index contributed by atoms with van der Waals surface area (Å²) < 4.78 is 39.8. The van der Waals surface area contributed by atoms with Crippen molar-refractivity contribution < 1.29 is 13.2 Å². The Kier molecular flexibility index (Phi) is 5.57. The predicted molar refractivity (Wildman–Crippen MR) is 111 cm³/mol. The van der Waals surface area contributed by atoms with Gasteiger partial charge in [0.05, 0.1) is 11.3 Å². The number of nitrogens with zero attached hydrogens (tertiary/aromatic N) is 3. The van der Waals surface area contributed by atoms with E-state index in [1.54, 1.807) is 24.5 Å². The quantitative estimate of drug-likeness (QED) is 0.540. The minimum absolute atomic E-state index is 0.122. The number of hydrogen-bond donors (Lipinski definition) is 2. The molecule has 2 aromatic heterocycles. The number of pyridine rings is 1. The van der Waals surface area contributed by atoms with Crippen molar-refractivity contribution in [3.05, 3.63) is 59.9 Å². The molecule has 5 nitrogen and oxygen atoms in total. The van der Waals surface area contributed by atoms with Crippen molar-refractivity contribution in [2.45, 2.75) is 44.8 Å². The lowest BCUT2D eigenvalue weighted by Gasteiger charge is -2.17. The van der Waals surface area contributed by atoms with Crippen LogP contribution in [0.15, 0.2) is 48.8 Å². The fourth-order valence-electron chi connectivity index (χ4n) is 3.71. The summed E-state index contributed by atoms with van der Waals surface area (Å²) in [6.45, 7) is 1.45. The highest BCUT2D eigenvalue weighted by molar-refractivity contribution is 5.68. The Bertz CT molecular complexity index is 1020. The molecule has 0 aliphatic heterocycles. The number of aromatic nitrogens is 3. The molecule has 0 amide bonds. The van der Waals surface area contributed by atoms with Gasteiger partial charge in [0.25, 0.3) is 0 Å². The number of anilines is 3. The number of nitrogens with one attached hydrogen (secondary N) is 2. The number of rotatable bonds is 5. The molecule has 1 saturated carbocycles. The highest BCUT2D eigenvalue weighted by atomic mass is 19.4. The van der Waals surface area contributed by atoms with Crippen LogP contribution < -0.4 is 10.6 Å². The van der Waals surface area contributed by atoms with Gasteiger partial charge in [-0.05, 0) is 49.6 Å². The lowest BCUT2D eigenvalue weighted by molar-refractivity contribution is -0.138. The summed E-state index contributed by atoms with van der Waals surface area (Å²) in [4.78, 5) is 13.3. The van der Waals surface area contributed by atoms with Crippen molar-refractivity contribution in [2.24, 2.45) is 0 Å². The maximum atomic E-state index is 13.3. The van der Waals surface area contributed by atoms with E-state index in [0.717, 1.165) is 37.3 Å². The maximum Gasteiger partial charge on any atom is 0.416 e. The van der Waals surface area contributed by atoms with E-state index < -0.39 is 11.7 Å². The SMILES string of the molecule is Cc1c(Nc2cc(-c3cccnc3)nc(NC3CCCC3)n2)cccc1C(F)(F)F. The third-order valence-corrected chi connectivity index (χ3v) is 5.27. The highest BCUT2D eigenvalue weighted by Gasteiger charge is 2.33. The Morgan fingerprint density at radius 2 is 1.83 bits per heavy atom. The van der Waals surface area contributed by atoms with E-state index in [-0.39, 0.29) is 5.56 Å². The van der Waals surface area contributed by atoms with Crippen LogP contribution in [-0.4, -0.2) is 21.0 Å². The molecule has 1 aliphatic carbocycles. The first-order valence-electron chi connectivity index (χ1n) is 9.90. The fourth-order valence-corrected chi connectivity index (χ4v) is 3.71. The molecule has 0 saturated heterocycles. The molecule has 156 valence electrons. The van der Waals surface area contributed by atoms with Crippen LogP contribution in [-0.2, 0) is 6.18 Å². The van der Waals surface area contributed by atoms with E-state index in [9.17, 15) is 13.2 Å². The van der Waals surface area contributed by atoms with Gasteiger partial charge in [-0.2, -0.15) is 18.2 Å². The molecule has 1 fully saturated rings. The van der Waals surface area contributed by atoms with Crippen LogP contribution in [0.1, 0.15) is 36.8 Å². The van der Waals surface area contributed by atoms with Crippen molar-refractivity contribution in [3.63, 3.8) is 0 Å². The van der Waals surface area contributed by atoms with E-state index in [4.69, 9.17) is 0 Å². The number of halogens is 3. The summed E-state index contributed by atoms with van der Waals surface area (Å²) in [5, 5.41) is 6.41. The van der Waals surface area contributed by atoms with Gasteiger partial charge in [0.15, 0.2) is 0 Å². The highest BCUT2D eigenvalue weighted by Crippen LogP contribution is 2.35. The average molecular weight is 413 g/mol. The smallest absolute Gasteiger partial charge is 0.351 e. The topological polar surface area (TPSA) is 62.7 Å². The van der Waals surface area contributed by atoms with Gasteiger partial charge in [-0.25, -0.2) is 4.98 Å². The van der Waals surface area contributed by atoms with Crippen LogP contribution in [0.2, 0.25) is 0 Å². The van der Waals surface area contributed by atoms with E-state index in [0.29, 0.717) is 29.2 Å². The average Bonchev–Trinajstić information content (AvgIpc) is 3.22. The Morgan fingerprint density at radius 3 is 2.53 bits per heavy atom. The molecule has 0 radical (unpaired) electrons. The minimum atomic E-state index is -4.41. The van der Waals surface area contributed by atoms with Crippen molar-refractivity contribution in [1.82, 2.24) is 15.0 Å². The van der Waals surface area contributed by atoms with Crippen LogP contribution in [0, 0.1) is 6.92 Å². The molecule has 3 aromatic rings. The maximum absolute atomic E-state index is 13.3. The van der Waals surface area contributed by atoms with Crippen molar-refractivity contribution in [2.75, 3.05) is 10.6 Å². The minimum Gasteiger partial charge on any atom is -0.351 e. The Labute approximate surface area is 172 Å². The van der Waals surface area contributed by atoms with E-state index in [1.165, 1.54) is 13.0 Å². The largest absolute Gasteiger partial charge is 0.416 e. The monoisotopic (exact) mass is 413 g/mol. The summed E-state index contributed by atoms with van der Waals surface area (Å²) in [7, 11) is 0. The Hall–Kier alpha value is -3.16. The van der Waals surface area contributed by atoms with E-state index in [2.05, 4.69) is 25.6 Å². The second-order valence-corrected chi connectivity index (χ2v) is 7.43. The van der Waals surface area contributed by atoms with Gasteiger partial charge in [-0.1, -0.05) is 18.9 Å².